The van der Waals surface area contributed by atoms with Crippen LogP contribution in [0, 0.1) is 0 Å². The molecule has 5 rings (SSSR count). The van der Waals surface area contributed by atoms with Crippen LogP contribution in [0.3, 0.4) is 0 Å². The standard InChI is InChI=1S/C25H26ClN5O4/c1-17(24(32)27-14-18-7-8-21-22(13-18)35-16-34-21)29-9-11-30(12-10-29)20-15-28-31(25(33)23(20)26)19-5-3-2-4-6-19/h2-8,13,15,17H,9-12,14,16H2,1H3,(H,27,32). The number of fused-ring (bicyclic) bond motifs is 1. The van der Waals surface area contributed by atoms with E-state index >= 15 is 0 Å². The van der Waals surface area contributed by atoms with E-state index in [1.54, 1.807) is 6.20 Å². The molecule has 35 heavy (non-hydrogen) atoms. The highest BCUT2D eigenvalue weighted by atomic mass is 35.5. The van der Waals surface area contributed by atoms with Crippen LogP contribution in [0.5, 0.6) is 11.5 Å². The van der Waals surface area contributed by atoms with Gasteiger partial charge in [-0.3, -0.25) is 14.5 Å². The van der Waals surface area contributed by atoms with Crippen molar-refractivity contribution in [3.05, 3.63) is 75.7 Å². The summed E-state index contributed by atoms with van der Waals surface area (Å²) >= 11 is 6.46. The first-order valence-electron chi connectivity index (χ1n) is 11.5. The van der Waals surface area contributed by atoms with Gasteiger partial charge in [-0.2, -0.15) is 9.78 Å². The summed E-state index contributed by atoms with van der Waals surface area (Å²) in [5, 5.41) is 7.47. The number of carbonyl (C=O) groups excluding carboxylic acids is 1. The zero-order valence-electron chi connectivity index (χ0n) is 19.3. The molecule has 1 saturated heterocycles. The first-order valence-corrected chi connectivity index (χ1v) is 11.9. The van der Waals surface area contributed by atoms with Crippen molar-refractivity contribution in [2.45, 2.75) is 19.5 Å². The molecule has 2 aliphatic rings. The Hall–Kier alpha value is -3.56. The fraction of sp³-hybridized carbons (Fsp3) is 0.320. The van der Waals surface area contributed by atoms with Crippen LogP contribution >= 0.6 is 11.6 Å². The molecular formula is C25H26ClN5O4. The van der Waals surface area contributed by atoms with Crippen LogP contribution < -0.4 is 25.2 Å². The largest absolute Gasteiger partial charge is 0.454 e. The van der Waals surface area contributed by atoms with Crippen molar-refractivity contribution < 1.29 is 14.3 Å². The van der Waals surface area contributed by atoms with Gasteiger partial charge >= 0.3 is 0 Å². The summed E-state index contributed by atoms with van der Waals surface area (Å²) in [6, 6.07) is 14.5. The second-order valence-electron chi connectivity index (χ2n) is 8.50. The van der Waals surface area contributed by atoms with Crippen molar-refractivity contribution in [1.82, 2.24) is 20.0 Å². The maximum absolute atomic E-state index is 12.8. The minimum Gasteiger partial charge on any atom is -0.454 e. The lowest BCUT2D eigenvalue weighted by atomic mass is 10.1. The summed E-state index contributed by atoms with van der Waals surface area (Å²) in [5.74, 6) is 1.38. The Labute approximate surface area is 207 Å². The molecule has 0 spiro atoms. The first-order chi connectivity index (χ1) is 17.0. The molecule has 9 nitrogen and oxygen atoms in total. The maximum atomic E-state index is 12.8. The van der Waals surface area contributed by atoms with Gasteiger partial charge < -0.3 is 19.7 Å². The van der Waals surface area contributed by atoms with Gasteiger partial charge in [0.2, 0.25) is 12.7 Å². The van der Waals surface area contributed by atoms with E-state index in [1.807, 2.05) is 60.4 Å². The van der Waals surface area contributed by atoms with E-state index in [0.29, 0.717) is 49.8 Å². The normalized spacial score (nSPS) is 16.2. The number of aromatic nitrogens is 2. The molecule has 3 heterocycles. The monoisotopic (exact) mass is 495 g/mol. The zero-order valence-corrected chi connectivity index (χ0v) is 20.1. The number of benzene rings is 2. The molecule has 1 fully saturated rings. The smallest absolute Gasteiger partial charge is 0.292 e. The molecule has 182 valence electrons. The highest BCUT2D eigenvalue weighted by molar-refractivity contribution is 6.33. The molecule has 1 aromatic heterocycles. The molecule has 1 N–H and O–H groups in total. The van der Waals surface area contributed by atoms with Crippen LogP contribution in [-0.2, 0) is 11.3 Å². The third-order valence-corrected chi connectivity index (χ3v) is 6.74. The SMILES string of the molecule is CC(C(=O)NCc1ccc2c(c1)OCO2)N1CCN(c2cnn(-c3ccccc3)c(=O)c2Cl)CC1. The van der Waals surface area contributed by atoms with E-state index in [4.69, 9.17) is 21.1 Å². The number of ether oxygens (including phenoxy) is 2. The van der Waals surface area contributed by atoms with E-state index in [1.165, 1.54) is 4.68 Å². The van der Waals surface area contributed by atoms with E-state index in [9.17, 15) is 9.59 Å². The third kappa shape index (κ3) is 4.82. The number of carbonyl (C=O) groups is 1. The molecule has 10 heteroatoms. The van der Waals surface area contributed by atoms with Gasteiger partial charge in [-0.1, -0.05) is 35.9 Å². The van der Waals surface area contributed by atoms with Crippen molar-refractivity contribution >= 4 is 23.2 Å². The minimum atomic E-state index is -0.353. The average molecular weight is 496 g/mol. The number of amides is 1. The van der Waals surface area contributed by atoms with Crippen LogP contribution in [0.4, 0.5) is 5.69 Å². The fourth-order valence-corrected chi connectivity index (χ4v) is 4.55. The molecule has 1 unspecified atom stereocenters. The maximum Gasteiger partial charge on any atom is 0.292 e. The predicted molar refractivity (Wildman–Crippen MR) is 133 cm³/mol. The molecule has 3 aromatic rings. The molecule has 0 bridgehead atoms. The lowest BCUT2D eigenvalue weighted by Gasteiger charge is -2.38. The molecule has 1 amide bonds. The lowest BCUT2D eigenvalue weighted by Crippen LogP contribution is -2.54. The van der Waals surface area contributed by atoms with Crippen LogP contribution in [0.15, 0.2) is 59.5 Å². The van der Waals surface area contributed by atoms with Crippen molar-refractivity contribution in [2.24, 2.45) is 0 Å². The van der Waals surface area contributed by atoms with Gasteiger partial charge in [0.05, 0.1) is 23.6 Å². The first kappa shape index (κ1) is 23.2. The van der Waals surface area contributed by atoms with E-state index in [-0.39, 0.29) is 29.3 Å². The molecule has 1 atom stereocenters. The topological polar surface area (TPSA) is 88.9 Å². The van der Waals surface area contributed by atoms with Gasteiger partial charge in [-0.25, -0.2) is 0 Å². The Morgan fingerprint density at radius 2 is 1.83 bits per heavy atom. The Morgan fingerprint density at radius 1 is 1.09 bits per heavy atom. The quantitative estimate of drug-likeness (QED) is 0.562. The van der Waals surface area contributed by atoms with Crippen molar-refractivity contribution in [1.29, 1.82) is 0 Å². The van der Waals surface area contributed by atoms with Gasteiger partial charge in [-0.15, -0.1) is 0 Å². The number of halogens is 1. The summed E-state index contributed by atoms with van der Waals surface area (Å²) in [4.78, 5) is 29.7. The Kier molecular flexibility index (Phi) is 6.61. The highest BCUT2D eigenvalue weighted by Gasteiger charge is 2.27. The molecule has 0 saturated carbocycles. The van der Waals surface area contributed by atoms with Crippen LogP contribution in [0.25, 0.3) is 5.69 Å². The van der Waals surface area contributed by atoms with E-state index in [2.05, 4.69) is 15.3 Å². The predicted octanol–water partition coefficient (Wildman–Crippen LogP) is 2.44. The second-order valence-corrected chi connectivity index (χ2v) is 8.88. The number of rotatable bonds is 6. The summed E-state index contributed by atoms with van der Waals surface area (Å²) in [6.45, 7) is 5.14. The minimum absolute atomic E-state index is 0.0405. The molecule has 0 aliphatic carbocycles. The second kappa shape index (κ2) is 9.97. The van der Waals surface area contributed by atoms with Crippen molar-refractivity contribution in [3.63, 3.8) is 0 Å². The molecule has 0 radical (unpaired) electrons. The average Bonchev–Trinajstić information content (AvgIpc) is 3.37. The fourth-order valence-electron chi connectivity index (χ4n) is 4.30. The van der Waals surface area contributed by atoms with Gasteiger partial charge in [0.15, 0.2) is 11.5 Å². The summed E-state index contributed by atoms with van der Waals surface area (Å²) in [6.07, 6.45) is 1.63. The number of hydrogen-bond acceptors (Lipinski definition) is 7. The van der Waals surface area contributed by atoms with Gasteiger partial charge in [0.1, 0.15) is 5.02 Å². The van der Waals surface area contributed by atoms with Gasteiger partial charge in [0, 0.05) is 32.7 Å². The highest BCUT2D eigenvalue weighted by Crippen LogP contribution is 2.32. The number of nitrogens with zero attached hydrogens (tertiary/aromatic N) is 4. The Bertz CT molecular complexity index is 1270. The molecular weight excluding hydrogens is 470 g/mol. The van der Waals surface area contributed by atoms with Crippen LogP contribution in [-0.4, -0.2) is 59.6 Å². The third-order valence-electron chi connectivity index (χ3n) is 6.39. The van der Waals surface area contributed by atoms with E-state index in [0.717, 1.165) is 11.3 Å². The van der Waals surface area contributed by atoms with Crippen molar-refractivity contribution in [3.8, 4) is 17.2 Å². The molecule has 2 aromatic carbocycles. The number of para-hydroxylation sites is 1. The van der Waals surface area contributed by atoms with Gasteiger partial charge in [-0.05, 0) is 36.8 Å². The zero-order chi connectivity index (χ0) is 24.4. The van der Waals surface area contributed by atoms with Crippen LogP contribution in [0.1, 0.15) is 12.5 Å². The summed E-state index contributed by atoms with van der Waals surface area (Å²) in [7, 11) is 0. The van der Waals surface area contributed by atoms with E-state index < -0.39 is 0 Å². The number of hydrogen-bond donors (Lipinski definition) is 1. The molecule has 2 aliphatic heterocycles. The number of anilines is 1. The number of piperazine rings is 1. The number of nitrogens with one attached hydrogen (secondary N) is 1. The Balaban J connectivity index is 1.17. The lowest BCUT2D eigenvalue weighted by molar-refractivity contribution is -0.126. The summed E-state index contributed by atoms with van der Waals surface area (Å²) in [5.41, 5.74) is 1.88. The van der Waals surface area contributed by atoms with Gasteiger partial charge in [0.25, 0.3) is 5.56 Å². The Morgan fingerprint density at radius 3 is 2.60 bits per heavy atom. The summed E-state index contributed by atoms with van der Waals surface area (Å²) < 4.78 is 12.0. The van der Waals surface area contributed by atoms with Crippen molar-refractivity contribution in [2.75, 3.05) is 37.9 Å². The van der Waals surface area contributed by atoms with Crippen LogP contribution in [0.2, 0.25) is 5.02 Å².